The van der Waals surface area contributed by atoms with Crippen molar-refractivity contribution >= 4 is 40.5 Å². The molecule has 2 aromatic rings. The molecule has 0 bridgehead atoms. The maximum Gasteiger partial charge on any atom is 0.345 e. The zero-order valence-corrected chi connectivity index (χ0v) is 15.6. The van der Waals surface area contributed by atoms with Crippen molar-refractivity contribution < 1.29 is 23.8 Å². The lowest BCUT2D eigenvalue weighted by Crippen LogP contribution is -2.18. The second kappa shape index (κ2) is 9.20. The summed E-state index contributed by atoms with van der Waals surface area (Å²) in [4.78, 5) is 28.5. The average Bonchev–Trinajstić information content (AvgIpc) is 2.60. The van der Waals surface area contributed by atoms with Crippen molar-refractivity contribution in [2.75, 3.05) is 19.8 Å². The SMILES string of the molecule is CCOC(=O)C(=Cc1cc2cc(OCC)ccc2nc1Cl)C(=O)OCC. The molecule has 1 aromatic heterocycles. The Morgan fingerprint density at radius 3 is 2.27 bits per heavy atom. The van der Waals surface area contributed by atoms with Gasteiger partial charge >= 0.3 is 11.9 Å². The minimum absolute atomic E-state index is 0.136. The molecule has 138 valence electrons. The van der Waals surface area contributed by atoms with Gasteiger partial charge in [-0.2, -0.15) is 0 Å². The fraction of sp³-hybridized carbons (Fsp3) is 0.316. The summed E-state index contributed by atoms with van der Waals surface area (Å²) >= 11 is 6.22. The van der Waals surface area contributed by atoms with E-state index in [0.717, 1.165) is 5.39 Å². The number of ether oxygens (including phenoxy) is 3. The average molecular weight is 378 g/mol. The molecule has 0 N–H and O–H groups in total. The molecular weight excluding hydrogens is 358 g/mol. The molecule has 0 unspecified atom stereocenters. The highest BCUT2D eigenvalue weighted by molar-refractivity contribution is 6.32. The molecule has 0 amide bonds. The Hall–Kier alpha value is -2.60. The van der Waals surface area contributed by atoms with Crippen LogP contribution < -0.4 is 4.74 Å². The molecular formula is C19H20ClNO5. The fourth-order valence-corrected chi connectivity index (χ4v) is 2.48. The van der Waals surface area contributed by atoms with E-state index >= 15 is 0 Å². The number of benzene rings is 1. The van der Waals surface area contributed by atoms with Crippen molar-refractivity contribution in [2.45, 2.75) is 20.8 Å². The molecule has 0 aliphatic rings. The zero-order valence-electron chi connectivity index (χ0n) is 14.9. The van der Waals surface area contributed by atoms with Crippen LogP contribution in [0.3, 0.4) is 0 Å². The van der Waals surface area contributed by atoms with Crippen molar-refractivity contribution in [2.24, 2.45) is 0 Å². The third kappa shape index (κ3) is 4.73. The third-order valence-corrected chi connectivity index (χ3v) is 3.67. The summed E-state index contributed by atoms with van der Waals surface area (Å²) in [5.74, 6) is -0.856. The molecule has 0 spiro atoms. The summed E-state index contributed by atoms with van der Waals surface area (Å²) in [6.07, 6.45) is 1.33. The quantitative estimate of drug-likeness (QED) is 0.240. The van der Waals surface area contributed by atoms with Gasteiger partial charge in [0.05, 0.1) is 25.3 Å². The van der Waals surface area contributed by atoms with Crippen molar-refractivity contribution in [3.05, 3.63) is 40.6 Å². The van der Waals surface area contributed by atoms with Gasteiger partial charge in [0.2, 0.25) is 0 Å². The summed E-state index contributed by atoms with van der Waals surface area (Å²) in [6, 6.07) is 7.13. The second-order valence-electron chi connectivity index (χ2n) is 5.15. The lowest BCUT2D eigenvalue weighted by Gasteiger charge is -2.09. The van der Waals surface area contributed by atoms with Gasteiger partial charge in [0.25, 0.3) is 0 Å². The molecule has 0 aliphatic heterocycles. The highest BCUT2D eigenvalue weighted by Gasteiger charge is 2.22. The van der Waals surface area contributed by atoms with Crippen molar-refractivity contribution in [3.8, 4) is 5.75 Å². The van der Waals surface area contributed by atoms with Crippen molar-refractivity contribution in [3.63, 3.8) is 0 Å². The molecule has 2 rings (SSSR count). The molecule has 6 nitrogen and oxygen atoms in total. The summed E-state index contributed by atoms with van der Waals surface area (Å²) < 4.78 is 15.3. The van der Waals surface area contributed by atoms with Crippen LogP contribution in [0.25, 0.3) is 17.0 Å². The molecule has 0 atom stereocenters. The Morgan fingerprint density at radius 2 is 1.69 bits per heavy atom. The molecule has 26 heavy (non-hydrogen) atoms. The van der Waals surface area contributed by atoms with Crippen molar-refractivity contribution in [1.29, 1.82) is 0 Å². The van der Waals surface area contributed by atoms with Crippen LogP contribution in [0.5, 0.6) is 5.75 Å². The number of nitrogens with zero attached hydrogens (tertiary/aromatic N) is 1. The van der Waals surface area contributed by atoms with Gasteiger partial charge in [0.15, 0.2) is 0 Å². The number of hydrogen-bond donors (Lipinski definition) is 0. The monoisotopic (exact) mass is 377 g/mol. The van der Waals surface area contributed by atoms with E-state index in [9.17, 15) is 9.59 Å². The van der Waals surface area contributed by atoms with E-state index in [1.165, 1.54) is 6.08 Å². The standard InChI is InChI=1S/C19H20ClNO5/c1-4-24-14-7-8-16-12(10-14)9-13(17(20)21-16)11-15(18(22)25-5-2)19(23)26-6-3/h7-11H,4-6H2,1-3H3. The third-order valence-electron chi connectivity index (χ3n) is 3.37. The van der Waals surface area contributed by atoms with E-state index < -0.39 is 11.9 Å². The van der Waals surface area contributed by atoms with E-state index in [1.54, 1.807) is 32.0 Å². The second-order valence-corrected chi connectivity index (χ2v) is 5.51. The maximum atomic E-state index is 12.1. The molecule has 0 aliphatic carbocycles. The van der Waals surface area contributed by atoms with Gasteiger partial charge in [0, 0.05) is 10.9 Å². The molecule has 1 heterocycles. The summed E-state index contributed by atoms with van der Waals surface area (Å²) in [7, 11) is 0. The predicted molar refractivity (Wildman–Crippen MR) is 99.2 cm³/mol. The van der Waals surface area contributed by atoms with E-state index in [-0.39, 0.29) is 23.9 Å². The maximum absolute atomic E-state index is 12.1. The van der Waals surface area contributed by atoms with Crippen LogP contribution in [0.4, 0.5) is 0 Å². The molecule has 7 heteroatoms. The predicted octanol–water partition coefficient (Wildman–Crippen LogP) is 3.80. The number of aromatic nitrogens is 1. The summed E-state index contributed by atoms with van der Waals surface area (Å²) in [5, 5.41) is 0.923. The van der Waals surface area contributed by atoms with Gasteiger partial charge in [0.1, 0.15) is 16.5 Å². The van der Waals surface area contributed by atoms with E-state index in [0.29, 0.717) is 23.4 Å². The highest BCUT2D eigenvalue weighted by atomic mass is 35.5. The molecule has 0 saturated heterocycles. The largest absolute Gasteiger partial charge is 0.494 e. The van der Waals surface area contributed by atoms with Gasteiger partial charge in [-0.15, -0.1) is 0 Å². The Morgan fingerprint density at radius 1 is 1.04 bits per heavy atom. The number of pyridine rings is 1. The number of hydrogen-bond acceptors (Lipinski definition) is 6. The first kappa shape index (κ1) is 19.7. The zero-order chi connectivity index (χ0) is 19.1. The minimum Gasteiger partial charge on any atom is -0.494 e. The summed E-state index contributed by atoms with van der Waals surface area (Å²) in [6.45, 7) is 6.01. The first-order chi connectivity index (χ1) is 12.5. The highest BCUT2D eigenvalue weighted by Crippen LogP contribution is 2.26. The number of carbonyl (C=O) groups excluding carboxylic acids is 2. The first-order valence-corrected chi connectivity index (χ1v) is 8.66. The van der Waals surface area contributed by atoms with Gasteiger partial charge in [-0.1, -0.05) is 11.6 Å². The van der Waals surface area contributed by atoms with Crippen LogP contribution in [-0.4, -0.2) is 36.7 Å². The minimum atomic E-state index is -0.773. The van der Waals surface area contributed by atoms with Crippen LogP contribution in [0, 0.1) is 0 Å². The number of esters is 2. The topological polar surface area (TPSA) is 74.7 Å². The van der Waals surface area contributed by atoms with Crippen LogP contribution in [0.2, 0.25) is 5.15 Å². The van der Waals surface area contributed by atoms with Crippen LogP contribution >= 0.6 is 11.6 Å². The number of halogens is 1. The van der Waals surface area contributed by atoms with E-state index in [1.807, 2.05) is 13.0 Å². The van der Waals surface area contributed by atoms with Gasteiger partial charge in [-0.25, -0.2) is 14.6 Å². The van der Waals surface area contributed by atoms with Crippen LogP contribution in [-0.2, 0) is 19.1 Å². The Bertz CT molecular complexity index is 827. The van der Waals surface area contributed by atoms with Gasteiger partial charge in [-0.3, -0.25) is 0 Å². The fourth-order valence-electron chi connectivity index (χ4n) is 2.28. The van der Waals surface area contributed by atoms with Crippen molar-refractivity contribution in [1.82, 2.24) is 4.98 Å². The smallest absolute Gasteiger partial charge is 0.345 e. The molecule has 1 aromatic carbocycles. The molecule has 0 saturated carbocycles. The van der Waals surface area contributed by atoms with E-state index in [2.05, 4.69) is 4.98 Å². The van der Waals surface area contributed by atoms with Gasteiger partial charge in [-0.05, 0) is 51.1 Å². The summed E-state index contributed by atoms with van der Waals surface area (Å²) in [5.41, 5.74) is 0.839. The van der Waals surface area contributed by atoms with Crippen LogP contribution in [0.15, 0.2) is 29.8 Å². The Kier molecular flexibility index (Phi) is 6.97. The number of rotatable bonds is 7. The van der Waals surface area contributed by atoms with Crippen LogP contribution in [0.1, 0.15) is 26.3 Å². The van der Waals surface area contributed by atoms with E-state index in [4.69, 9.17) is 25.8 Å². The number of carbonyl (C=O) groups is 2. The lowest BCUT2D eigenvalue weighted by molar-refractivity contribution is -0.146. The molecule has 0 fully saturated rings. The first-order valence-electron chi connectivity index (χ1n) is 8.29. The van der Waals surface area contributed by atoms with Gasteiger partial charge < -0.3 is 14.2 Å². The Balaban J connectivity index is 2.52. The lowest BCUT2D eigenvalue weighted by atomic mass is 10.1. The molecule has 0 radical (unpaired) electrons. The number of fused-ring (bicyclic) bond motifs is 1. The normalized spacial score (nSPS) is 10.3. The Labute approximate surface area is 156 Å².